The number of unbranched alkanes of at least 4 members (excludes halogenated alkanes) is 33. The Bertz CT molecular complexity index is 1610. The molecule has 16 heteroatoms. The zero-order valence-electron chi connectivity index (χ0n) is 50.6. The summed E-state index contributed by atoms with van der Waals surface area (Å²) in [5.41, 5.74) is -2.24. The fraction of sp³-hybridized carbons (Fsp3) is 0.828. The van der Waals surface area contributed by atoms with Crippen molar-refractivity contribution in [2.45, 2.75) is 308 Å². The van der Waals surface area contributed by atoms with Crippen LogP contribution in [0.15, 0.2) is 36.5 Å². The maximum atomic E-state index is 14.1. The van der Waals surface area contributed by atoms with Crippen LogP contribution in [0.4, 0.5) is 0 Å². The lowest BCUT2D eigenvalue weighted by Crippen LogP contribution is -2.65. The predicted octanol–water partition coefficient (Wildman–Crippen LogP) is 15.0. The molecule has 0 saturated carbocycles. The molecule has 0 fully saturated rings. The van der Waals surface area contributed by atoms with Gasteiger partial charge in [-0.3, -0.25) is 23.7 Å². The van der Waals surface area contributed by atoms with Crippen LogP contribution in [-0.4, -0.2) is 113 Å². The highest BCUT2D eigenvalue weighted by Crippen LogP contribution is 2.24. The Labute approximate surface area is 486 Å². The Kier molecular flexibility index (Phi) is 51.0. The highest BCUT2D eigenvalue weighted by molar-refractivity contribution is 7.85. The number of allylic oxidation sites excluding steroid dienone is 6. The van der Waals surface area contributed by atoms with Gasteiger partial charge in [-0.25, -0.2) is 4.79 Å². The predicted molar refractivity (Wildman–Crippen MR) is 322 cm³/mol. The zero-order chi connectivity index (χ0) is 59.2. The fourth-order valence-electron chi connectivity index (χ4n) is 9.46. The van der Waals surface area contributed by atoms with Crippen LogP contribution in [0.1, 0.15) is 290 Å². The summed E-state index contributed by atoms with van der Waals surface area (Å²) in [6, 6.07) is 0. The number of rotatable bonds is 58. The van der Waals surface area contributed by atoms with Gasteiger partial charge in [-0.05, 0) is 96.3 Å². The molecule has 0 bridgehead atoms. The van der Waals surface area contributed by atoms with Crippen LogP contribution < -0.4 is 0 Å². The largest absolute Gasteiger partial charge is 0.479 e. The number of esters is 3. The van der Waals surface area contributed by atoms with Gasteiger partial charge in [0.15, 0.2) is 12.2 Å². The SMILES string of the molecule is CCCCCCCCC=CCCCCCCCC(=O)OCC(COC(=O)CCCCCCCC=CCCCCCCCC)(COC(=O)CCCCCCCC=CCCCCCCCC)N(CCS(=O)(=O)O)C(=O)C(O)C(O)C(=O)O. The van der Waals surface area contributed by atoms with E-state index >= 15 is 0 Å². The van der Waals surface area contributed by atoms with Crippen molar-refractivity contribution >= 4 is 39.9 Å². The first-order valence-electron chi connectivity index (χ1n) is 31.9. The Morgan fingerprint density at radius 1 is 0.412 bits per heavy atom. The van der Waals surface area contributed by atoms with Crippen molar-refractivity contribution in [2.24, 2.45) is 0 Å². The van der Waals surface area contributed by atoms with E-state index in [1.807, 2.05) is 0 Å². The van der Waals surface area contributed by atoms with Gasteiger partial charge in [0, 0.05) is 25.8 Å². The molecule has 2 atom stereocenters. The van der Waals surface area contributed by atoms with Crippen molar-refractivity contribution in [3.05, 3.63) is 36.5 Å². The van der Waals surface area contributed by atoms with Crippen LogP contribution in [0, 0.1) is 0 Å². The van der Waals surface area contributed by atoms with Crippen molar-refractivity contribution < 1.29 is 66.5 Å². The molecule has 0 aliphatic rings. The first-order valence-corrected chi connectivity index (χ1v) is 33.5. The maximum absolute atomic E-state index is 14.1. The van der Waals surface area contributed by atoms with E-state index in [9.17, 15) is 52.3 Å². The van der Waals surface area contributed by atoms with Crippen molar-refractivity contribution in [3.8, 4) is 0 Å². The maximum Gasteiger partial charge on any atom is 0.335 e. The molecular formula is C64H115NO14S. The van der Waals surface area contributed by atoms with Crippen molar-refractivity contribution in [1.82, 2.24) is 4.90 Å². The van der Waals surface area contributed by atoms with E-state index in [2.05, 4.69) is 57.2 Å². The summed E-state index contributed by atoms with van der Waals surface area (Å²) in [4.78, 5) is 66.7. The molecule has 15 nitrogen and oxygen atoms in total. The molecule has 80 heavy (non-hydrogen) atoms. The van der Waals surface area contributed by atoms with E-state index in [-0.39, 0.29) is 19.3 Å². The van der Waals surface area contributed by atoms with Crippen LogP contribution in [0.2, 0.25) is 0 Å². The van der Waals surface area contributed by atoms with Gasteiger partial charge in [-0.1, -0.05) is 211 Å². The Hall–Kier alpha value is -3.60. The lowest BCUT2D eigenvalue weighted by Gasteiger charge is -2.43. The minimum Gasteiger partial charge on any atom is -0.479 e. The lowest BCUT2D eigenvalue weighted by atomic mass is 9.97. The summed E-state index contributed by atoms with van der Waals surface area (Å²) in [5, 5.41) is 30.7. The summed E-state index contributed by atoms with van der Waals surface area (Å²) < 4.78 is 51.4. The topological polar surface area (TPSA) is 231 Å². The Balaban J connectivity index is 6.01. The summed E-state index contributed by atoms with van der Waals surface area (Å²) in [5.74, 6) is -6.86. The van der Waals surface area contributed by atoms with Gasteiger partial charge in [0.2, 0.25) is 0 Å². The van der Waals surface area contributed by atoms with Crippen LogP contribution in [0.25, 0.3) is 0 Å². The third-order valence-electron chi connectivity index (χ3n) is 14.7. The molecule has 0 heterocycles. The number of carboxylic acids is 1. The number of carbonyl (C=O) groups excluding carboxylic acids is 4. The molecule has 466 valence electrons. The highest BCUT2D eigenvalue weighted by atomic mass is 32.2. The van der Waals surface area contributed by atoms with Crippen LogP contribution >= 0.6 is 0 Å². The fourth-order valence-corrected chi connectivity index (χ4v) is 9.87. The van der Waals surface area contributed by atoms with E-state index in [1.165, 1.54) is 116 Å². The number of aliphatic hydroxyl groups excluding tert-OH is 2. The summed E-state index contributed by atoms with van der Waals surface area (Å²) in [6.07, 6.45) is 49.1. The summed E-state index contributed by atoms with van der Waals surface area (Å²) in [7, 11) is -4.86. The highest BCUT2D eigenvalue weighted by Gasteiger charge is 2.48. The normalized spacial score (nSPS) is 13.5. The molecule has 4 N–H and O–H groups in total. The third kappa shape index (κ3) is 45.9. The lowest BCUT2D eigenvalue weighted by molar-refractivity contribution is -0.179. The van der Waals surface area contributed by atoms with E-state index in [1.54, 1.807) is 0 Å². The second-order valence-corrected chi connectivity index (χ2v) is 23.8. The molecule has 2 unspecified atom stereocenters. The van der Waals surface area contributed by atoms with Gasteiger partial charge < -0.3 is 34.4 Å². The number of nitrogens with zero attached hydrogens (tertiary/aromatic N) is 1. The molecule has 0 aliphatic carbocycles. The van der Waals surface area contributed by atoms with Gasteiger partial charge in [-0.15, -0.1) is 0 Å². The first kappa shape index (κ1) is 76.4. The van der Waals surface area contributed by atoms with Gasteiger partial charge in [0.05, 0.1) is 5.75 Å². The molecular weight excluding hydrogens is 1040 g/mol. The number of carboxylic acid groups (broad SMARTS) is 1. The molecule has 0 saturated heterocycles. The average molecular weight is 1150 g/mol. The number of hydrogen-bond acceptors (Lipinski definition) is 12. The van der Waals surface area contributed by atoms with Crippen molar-refractivity contribution in [3.63, 3.8) is 0 Å². The summed E-state index contributed by atoms with van der Waals surface area (Å²) in [6.45, 7) is 3.16. The van der Waals surface area contributed by atoms with Gasteiger partial charge in [0.1, 0.15) is 25.4 Å². The second-order valence-electron chi connectivity index (χ2n) is 22.2. The van der Waals surface area contributed by atoms with E-state index in [4.69, 9.17) is 14.2 Å². The van der Waals surface area contributed by atoms with Gasteiger partial charge in [-0.2, -0.15) is 8.42 Å². The standard InChI is InChI=1S/C64H115NO14S/c1-4-7-10-13-16-19-22-25-28-31-34-37-40-43-46-49-57(66)77-54-64(65(52-53-80(74,75)76)62(71)60(69)61(70)63(72)73,55-78-58(67)50-47-44-41-38-35-32-29-26-23-20-17-14-11-8-5-2)56-79-59(68)51-48-45-42-39-36-33-30-27-24-21-18-15-12-9-6-3/h25-30,60-61,69-70H,4-24,31-56H2,1-3H3,(H,72,73)(H,74,75,76). The third-order valence-corrected chi connectivity index (χ3v) is 15.3. The van der Waals surface area contributed by atoms with E-state index in [0.717, 1.165) is 116 Å². The molecule has 0 aromatic heterocycles. The minimum absolute atomic E-state index is 0.0436. The smallest absolute Gasteiger partial charge is 0.335 e. The Morgan fingerprint density at radius 2 is 0.662 bits per heavy atom. The minimum atomic E-state index is -4.86. The zero-order valence-corrected chi connectivity index (χ0v) is 51.4. The monoisotopic (exact) mass is 1150 g/mol. The van der Waals surface area contributed by atoms with Crippen molar-refractivity contribution in [1.29, 1.82) is 0 Å². The molecule has 0 aromatic rings. The number of aliphatic hydroxyl groups is 2. The van der Waals surface area contributed by atoms with E-state index < -0.39 is 89.8 Å². The molecule has 0 rings (SSSR count). The van der Waals surface area contributed by atoms with E-state index in [0.29, 0.717) is 24.2 Å². The van der Waals surface area contributed by atoms with Gasteiger partial charge in [0.25, 0.3) is 16.0 Å². The Morgan fingerprint density at radius 3 is 0.912 bits per heavy atom. The summed E-state index contributed by atoms with van der Waals surface area (Å²) >= 11 is 0. The van der Waals surface area contributed by atoms with Crippen LogP contribution in [0.3, 0.4) is 0 Å². The first-order chi connectivity index (χ1) is 38.6. The van der Waals surface area contributed by atoms with Gasteiger partial charge >= 0.3 is 23.9 Å². The van der Waals surface area contributed by atoms with Crippen molar-refractivity contribution in [2.75, 3.05) is 32.1 Å². The number of aliphatic carboxylic acids is 1. The molecule has 0 aromatic carbocycles. The number of carbonyl (C=O) groups is 5. The molecule has 1 amide bonds. The molecule has 0 aliphatic heterocycles. The molecule has 0 radical (unpaired) electrons. The van der Waals surface area contributed by atoms with Crippen LogP contribution in [0.5, 0.6) is 0 Å². The second kappa shape index (κ2) is 53.4. The number of hydrogen-bond donors (Lipinski definition) is 4. The quantitative estimate of drug-likeness (QED) is 0.0146. The number of amides is 1. The average Bonchev–Trinajstić information content (AvgIpc) is 3.45. The van der Waals surface area contributed by atoms with Crippen LogP contribution in [-0.2, 0) is 48.3 Å². The molecule has 0 spiro atoms. The number of ether oxygens (including phenoxy) is 3.